The van der Waals surface area contributed by atoms with Gasteiger partial charge in [-0.1, -0.05) is 76.1 Å². The first-order chi connectivity index (χ1) is 20.6. The number of nitrogens with zero attached hydrogens (tertiary/aromatic N) is 2. The molecule has 8 unspecified atom stereocenters. The Balaban J connectivity index is 1.13. The summed E-state index contributed by atoms with van der Waals surface area (Å²) in [6.45, 7) is 10.2. The minimum atomic E-state index is 0.230. The maximum absolute atomic E-state index is 7.25. The smallest absolute Gasteiger partial charge is 0.182 e. The molecule has 0 spiro atoms. The highest BCUT2D eigenvalue weighted by molar-refractivity contribution is 6.32. The quantitative estimate of drug-likeness (QED) is 0.291. The van der Waals surface area contributed by atoms with Crippen LogP contribution in [0.2, 0.25) is 0 Å². The minimum Gasteiger partial charge on any atom is -0.374 e. The van der Waals surface area contributed by atoms with Crippen LogP contribution in [0.15, 0.2) is 46.2 Å². The first-order valence-corrected chi connectivity index (χ1v) is 18.8. The molecule has 0 radical (unpaired) electrons. The van der Waals surface area contributed by atoms with E-state index in [0.29, 0.717) is 12.1 Å². The van der Waals surface area contributed by atoms with Crippen molar-refractivity contribution in [2.45, 2.75) is 136 Å². The van der Waals surface area contributed by atoms with Gasteiger partial charge in [0, 0.05) is 47.6 Å². The fraction of sp³-hybridized carbons (Fsp3) is 0.775. The molecule has 8 atom stereocenters. The zero-order valence-corrected chi connectivity index (χ0v) is 29.1. The summed E-state index contributed by atoms with van der Waals surface area (Å²) in [5, 5.41) is 1.02. The van der Waals surface area contributed by atoms with Crippen molar-refractivity contribution in [1.29, 1.82) is 0 Å². The Hall–Kier alpha value is -1.28. The van der Waals surface area contributed by atoms with Crippen molar-refractivity contribution in [3.8, 4) is 0 Å². The first-order valence-electron chi connectivity index (χ1n) is 18.4. The molecule has 4 saturated carbocycles. The first kappa shape index (κ1) is 30.4. The number of hydrogen-bond acceptors (Lipinski definition) is 1. The van der Waals surface area contributed by atoms with Gasteiger partial charge in [-0.05, 0) is 112 Å². The van der Waals surface area contributed by atoms with Gasteiger partial charge in [0.25, 0.3) is 0 Å². The van der Waals surface area contributed by atoms with Gasteiger partial charge < -0.3 is 4.90 Å². The van der Waals surface area contributed by atoms with Crippen molar-refractivity contribution >= 4 is 17.3 Å². The molecule has 0 bridgehead atoms. The van der Waals surface area contributed by atoms with Gasteiger partial charge in [0.1, 0.15) is 7.05 Å². The summed E-state index contributed by atoms with van der Waals surface area (Å²) < 4.78 is 2.68. The molecule has 0 aromatic rings. The van der Waals surface area contributed by atoms with E-state index >= 15 is 0 Å². The van der Waals surface area contributed by atoms with Gasteiger partial charge in [0.2, 0.25) is 0 Å². The lowest BCUT2D eigenvalue weighted by atomic mass is 9.57. The molecule has 2 heterocycles. The topological polar surface area (TPSA) is 6.25 Å². The predicted molar refractivity (Wildman–Crippen MR) is 182 cm³/mol. The predicted octanol–water partition coefficient (Wildman–Crippen LogP) is 10.3. The summed E-state index contributed by atoms with van der Waals surface area (Å²) >= 11 is 7.25. The second-order valence-corrected chi connectivity index (χ2v) is 17.5. The van der Waals surface area contributed by atoms with E-state index in [2.05, 4.69) is 75.6 Å². The average Bonchev–Trinajstić information content (AvgIpc) is 3.33. The number of hydrogen-bond donors (Lipinski definition) is 0. The Morgan fingerprint density at radius 2 is 1.37 bits per heavy atom. The molecule has 5 aliphatic carbocycles. The lowest BCUT2D eigenvalue weighted by molar-refractivity contribution is -0.541. The average molecular weight is 604 g/mol. The second kappa shape index (κ2) is 11.5. The highest BCUT2D eigenvalue weighted by atomic mass is 35.5. The third kappa shape index (κ3) is 4.98. The van der Waals surface area contributed by atoms with Crippen molar-refractivity contribution in [2.75, 3.05) is 14.1 Å². The molecule has 1 saturated heterocycles. The van der Waals surface area contributed by atoms with Gasteiger partial charge in [0.15, 0.2) is 11.8 Å². The molecule has 0 aromatic heterocycles. The van der Waals surface area contributed by atoms with E-state index in [9.17, 15) is 0 Å². The van der Waals surface area contributed by atoms with Crippen molar-refractivity contribution in [3.05, 3.63) is 46.2 Å². The van der Waals surface area contributed by atoms with Crippen molar-refractivity contribution in [1.82, 2.24) is 4.90 Å². The Morgan fingerprint density at radius 3 is 2.09 bits per heavy atom. The number of allylic oxidation sites excluding steroid dienone is 8. The van der Waals surface area contributed by atoms with Gasteiger partial charge >= 0.3 is 0 Å². The van der Waals surface area contributed by atoms with Crippen molar-refractivity contribution in [2.24, 2.45) is 46.3 Å². The zero-order chi connectivity index (χ0) is 30.1. The summed E-state index contributed by atoms with van der Waals surface area (Å²) in [7, 11) is 4.77. The number of rotatable bonds is 3. The summed E-state index contributed by atoms with van der Waals surface area (Å²) in [6, 6.07) is 1.43. The molecule has 2 nitrogen and oxygen atoms in total. The van der Waals surface area contributed by atoms with Crippen LogP contribution in [-0.4, -0.2) is 41.4 Å². The third-order valence-electron chi connectivity index (χ3n) is 14.4. The Labute approximate surface area is 268 Å². The number of halogens is 1. The highest BCUT2D eigenvalue weighted by Gasteiger charge is 2.59. The van der Waals surface area contributed by atoms with E-state index in [4.69, 9.17) is 11.6 Å². The Bertz CT molecular complexity index is 1260. The van der Waals surface area contributed by atoms with Gasteiger partial charge in [-0.2, -0.15) is 0 Å². The van der Waals surface area contributed by atoms with Crippen LogP contribution in [-0.2, 0) is 0 Å². The highest BCUT2D eigenvalue weighted by Crippen LogP contribution is 2.59. The molecule has 2 aliphatic heterocycles. The number of likely N-dealkylation sites (tertiary alicyclic amines) is 1. The van der Waals surface area contributed by atoms with Crippen molar-refractivity contribution < 1.29 is 4.58 Å². The monoisotopic (exact) mass is 603 g/mol. The second-order valence-electron chi connectivity index (χ2n) is 17.1. The normalized spacial score (nSPS) is 42.4. The molecule has 3 heteroatoms. The molecule has 43 heavy (non-hydrogen) atoms. The van der Waals surface area contributed by atoms with E-state index in [1.165, 1.54) is 94.6 Å². The molecule has 0 amide bonds. The van der Waals surface area contributed by atoms with E-state index < -0.39 is 0 Å². The van der Waals surface area contributed by atoms with Crippen LogP contribution < -0.4 is 0 Å². The van der Waals surface area contributed by atoms with Crippen LogP contribution in [0.5, 0.6) is 0 Å². The van der Waals surface area contributed by atoms with E-state index in [1.54, 1.807) is 11.4 Å². The number of fused-ring (bicyclic) bond motifs is 6. The zero-order valence-electron chi connectivity index (χ0n) is 28.3. The molecule has 0 aromatic carbocycles. The molecular formula is C40H60ClN2+. The summed E-state index contributed by atoms with van der Waals surface area (Å²) in [6.07, 6.45) is 30.5. The summed E-state index contributed by atoms with van der Waals surface area (Å²) in [4.78, 5) is 2.68. The van der Waals surface area contributed by atoms with Crippen LogP contribution in [0.3, 0.4) is 0 Å². The molecule has 7 aliphatic rings. The maximum atomic E-state index is 7.25. The minimum absolute atomic E-state index is 0.230. The molecule has 5 fully saturated rings. The van der Waals surface area contributed by atoms with Gasteiger partial charge in [-0.25, -0.2) is 4.58 Å². The van der Waals surface area contributed by atoms with Gasteiger partial charge in [0.05, 0.1) is 5.41 Å². The Kier molecular flexibility index (Phi) is 8.13. The van der Waals surface area contributed by atoms with Crippen LogP contribution in [0, 0.1) is 46.3 Å². The molecule has 7 rings (SSSR count). The van der Waals surface area contributed by atoms with E-state index in [0.717, 1.165) is 53.4 Å². The van der Waals surface area contributed by atoms with Gasteiger partial charge in [-0.15, -0.1) is 0 Å². The van der Waals surface area contributed by atoms with Gasteiger partial charge in [-0.3, -0.25) is 0 Å². The van der Waals surface area contributed by atoms with Crippen LogP contribution in [0.4, 0.5) is 0 Å². The largest absolute Gasteiger partial charge is 0.374 e. The van der Waals surface area contributed by atoms with Crippen LogP contribution >= 0.6 is 11.6 Å². The molecule has 236 valence electrons. The maximum Gasteiger partial charge on any atom is 0.182 e. The third-order valence-corrected chi connectivity index (χ3v) is 14.9. The molecular weight excluding hydrogens is 544 g/mol. The van der Waals surface area contributed by atoms with E-state index in [1.807, 2.05) is 0 Å². The lowest BCUT2D eigenvalue weighted by Gasteiger charge is -2.47. The summed E-state index contributed by atoms with van der Waals surface area (Å²) in [5.74, 6) is 5.38. The molecule has 0 N–H and O–H groups in total. The van der Waals surface area contributed by atoms with Crippen LogP contribution in [0.1, 0.15) is 124 Å². The fourth-order valence-corrected chi connectivity index (χ4v) is 12.9. The fourth-order valence-electron chi connectivity index (χ4n) is 12.6. The van der Waals surface area contributed by atoms with Crippen molar-refractivity contribution in [3.63, 3.8) is 0 Å². The standard InChI is InChI=1S/C40H60ClN2/c1-39(2)34(42(5)32-22-18-26-12-7-9-16-30(26)36(32)39)24-20-28-14-11-15-29(38(28)41)21-25-35-40(3,4)37-31-17-10-8-13-27(31)19-23-33(37)43(35)6/h20-21,24-27,30-33,36-37H,7-19,22-23H2,1-6H3/q+1. The van der Waals surface area contributed by atoms with Crippen LogP contribution in [0.25, 0.3) is 0 Å². The summed E-state index contributed by atoms with van der Waals surface area (Å²) in [5.41, 5.74) is 6.24. The lowest BCUT2D eigenvalue weighted by Crippen LogP contribution is -2.45. The van der Waals surface area contributed by atoms with E-state index in [-0.39, 0.29) is 10.8 Å². The Morgan fingerprint density at radius 1 is 0.721 bits per heavy atom. The SMILES string of the molecule is CN1/C(=C/C=C2\CCCC(/C=C/C3=[N+](C)C4CCC5CCCCC5C4C3(C)C)=C2Cl)C(C)(C)C2C3CCCCC3CCC21.